The molecule has 0 bridgehead atoms. The Morgan fingerprint density at radius 2 is 2.05 bits per heavy atom. The van der Waals surface area contributed by atoms with Gasteiger partial charge in [-0.15, -0.1) is 0 Å². The third-order valence-corrected chi connectivity index (χ3v) is 4.48. The van der Waals surface area contributed by atoms with Gasteiger partial charge in [0.1, 0.15) is 0 Å². The summed E-state index contributed by atoms with van der Waals surface area (Å²) in [6.07, 6.45) is 0. The number of halogens is 1. The molecule has 0 spiro atoms. The lowest BCUT2D eigenvalue weighted by Crippen LogP contribution is -2.11. The van der Waals surface area contributed by atoms with Crippen LogP contribution in [0.3, 0.4) is 0 Å². The maximum absolute atomic E-state index is 12.2. The van der Waals surface area contributed by atoms with Gasteiger partial charge >= 0.3 is 0 Å². The van der Waals surface area contributed by atoms with Gasteiger partial charge in [0.25, 0.3) is 5.91 Å². The molecule has 1 heterocycles. The van der Waals surface area contributed by atoms with Crippen LogP contribution in [0.4, 0.5) is 5.13 Å². The minimum Gasteiger partial charge on any atom is -0.298 e. The molecule has 1 N–H and O–H groups in total. The standard InChI is InChI=1S/C16H13ClN2OS/c1-9-6-10(2)14-13(7-9)18-16(21-14)19-15(20)11-4-3-5-12(17)8-11/h3-8H,1-2H3,(H,18,19,20). The first-order valence-electron chi connectivity index (χ1n) is 6.47. The first-order valence-corrected chi connectivity index (χ1v) is 7.67. The minimum atomic E-state index is -0.203. The van der Waals surface area contributed by atoms with Gasteiger partial charge in [0.2, 0.25) is 0 Å². The Morgan fingerprint density at radius 3 is 2.81 bits per heavy atom. The van der Waals surface area contributed by atoms with Gasteiger partial charge in [-0.1, -0.05) is 35.1 Å². The third-order valence-electron chi connectivity index (χ3n) is 3.13. The molecule has 3 rings (SSSR count). The summed E-state index contributed by atoms with van der Waals surface area (Å²) in [6.45, 7) is 4.09. The van der Waals surface area contributed by atoms with Crippen LogP contribution in [0.5, 0.6) is 0 Å². The van der Waals surface area contributed by atoms with Crippen molar-refractivity contribution in [3.63, 3.8) is 0 Å². The average Bonchev–Trinajstić information content (AvgIpc) is 2.81. The fourth-order valence-electron chi connectivity index (χ4n) is 2.23. The molecule has 2 aromatic carbocycles. The monoisotopic (exact) mass is 316 g/mol. The Labute approximate surface area is 131 Å². The summed E-state index contributed by atoms with van der Waals surface area (Å²) in [5.41, 5.74) is 3.78. The van der Waals surface area contributed by atoms with Gasteiger partial charge in [-0.05, 0) is 49.2 Å². The lowest BCUT2D eigenvalue weighted by atomic mass is 10.1. The average molecular weight is 317 g/mol. The highest BCUT2D eigenvalue weighted by Gasteiger charge is 2.11. The van der Waals surface area contributed by atoms with Crippen LogP contribution < -0.4 is 5.32 Å². The van der Waals surface area contributed by atoms with E-state index in [4.69, 9.17) is 11.6 Å². The Balaban J connectivity index is 1.91. The van der Waals surface area contributed by atoms with Crippen LogP contribution in [0.25, 0.3) is 10.2 Å². The number of hydrogen-bond acceptors (Lipinski definition) is 3. The van der Waals surface area contributed by atoms with Crippen molar-refractivity contribution in [2.45, 2.75) is 13.8 Å². The molecule has 3 aromatic rings. The van der Waals surface area contributed by atoms with Crippen molar-refractivity contribution in [3.8, 4) is 0 Å². The van der Waals surface area contributed by atoms with E-state index in [1.165, 1.54) is 16.9 Å². The van der Waals surface area contributed by atoms with E-state index >= 15 is 0 Å². The van der Waals surface area contributed by atoms with Crippen LogP contribution in [0.15, 0.2) is 36.4 Å². The first-order chi connectivity index (χ1) is 10.0. The Hall–Kier alpha value is -1.91. The van der Waals surface area contributed by atoms with Crippen molar-refractivity contribution < 1.29 is 4.79 Å². The number of nitrogens with zero attached hydrogens (tertiary/aromatic N) is 1. The van der Waals surface area contributed by atoms with Crippen molar-refractivity contribution in [2.75, 3.05) is 5.32 Å². The fourth-order valence-corrected chi connectivity index (χ4v) is 3.33. The second kappa shape index (κ2) is 5.47. The quantitative estimate of drug-likeness (QED) is 0.736. The molecule has 1 amide bonds. The molecule has 0 radical (unpaired) electrons. The number of amides is 1. The number of aromatic nitrogens is 1. The van der Waals surface area contributed by atoms with Crippen molar-refractivity contribution in [3.05, 3.63) is 58.1 Å². The van der Waals surface area contributed by atoms with Gasteiger partial charge < -0.3 is 0 Å². The third kappa shape index (κ3) is 2.91. The van der Waals surface area contributed by atoms with Crippen LogP contribution >= 0.6 is 22.9 Å². The molecule has 1 aromatic heterocycles. The van der Waals surface area contributed by atoms with Crippen molar-refractivity contribution >= 4 is 44.2 Å². The lowest BCUT2D eigenvalue weighted by molar-refractivity contribution is 0.102. The number of thiazole rings is 1. The van der Waals surface area contributed by atoms with E-state index in [2.05, 4.69) is 23.3 Å². The van der Waals surface area contributed by atoms with Gasteiger partial charge in [-0.25, -0.2) is 4.98 Å². The minimum absolute atomic E-state index is 0.203. The molecule has 3 nitrogen and oxygen atoms in total. The lowest BCUT2D eigenvalue weighted by Gasteiger charge is -2.01. The smallest absolute Gasteiger partial charge is 0.257 e. The maximum atomic E-state index is 12.2. The summed E-state index contributed by atoms with van der Waals surface area (Å²) >= 11 is 7.39. The van der Waals surface area contributed by atoms with E-state index in [0.29, 0.717) is 15.7 Å². The molecule has 5 heteroatoms. The number of rotatable bonds is 2. The van der Waals surface area contributed by atoms with E-state index in [1.54, 1.807) is 24.3 Å². The molecule has 0 saturated carbocycles. The molecule has 0 unspecified atom stereocenters. The van der Waals surface area contributed by atoms with Crippen molar-refractivity contribution in [1.29, 1.82) is 0 Å². The summed E-state index contributed by atoms with van der Waals surface area (Å²) in [5.74, 6) is -0.203. The zero-order valence-electron chi connectivity index (χ0n) is 11.6. The zero-order valence-corrected chi connectivity index (χ0v) is 13.2. The number of carbonyl (C=O) groups excluding carboxylic acids is 1. The van der Waals surface area contributed by atoms with Crippen LogP contribution in [-0.4, -0.2) is 10.9 Å². The molecule has 0 saturated heterocycles. The normalized spacial score (nSPS) is 10.8. The molecular weight excluding hydrogens is 304 g/mol. The number of carbonyl (C=O) groups is 1. The number of fused-ring (bicyclic) bond motifs is 1. The van der Waals surface area contributed by atoms with Crippen molar-refractivity contribution in [2.24, 2.45) is 0 Å². The Kier molecular flexibility index (Phi) is 3.66. The van der Waals surface area contributed by atoms with E-state index in [-0.39, 0.29) is 5.91 Å². The van der Waals surface area contributed by atoms with Gasteiger partial charge in [-0.2, -0.15) is 0 Å². The predicted octanol–water partition coefficient (Wildman–Crippen LogP) is 4.82. The highest BCUT2D eigenvalue weighted by Crippen LogP contribution is 2.30. The van der Waals surface area contributed by atoms with Gasteiger partial charge in [-0.3, -0.25) is 10.1 Å². The van der Waals surface area contributed by atoms with Gasteiger partial charge in [0, 0.05) is 10.6 Å². The molecule has 106 valence electrons. The number of nitrogens with one attached hydrogen (secondary N) is 1. The molecule has 21 heavy (non-hydrogen) atoms. The van der Waals surface area contributed by atoms with E-state index < -0.39 is 0 Å². The number of hydrogen-bond donors (Lipinski definition) is 1. The maximum Gasteiger partial charge on any atom is 0.257 e. The summed E-state index contributed by atoms with van der Waals surface area (Å²) in [5, 5.41) is 3.97. The Morgan fingerprint density at radius 1 is 1.24 bits per heavy atom. The second-order valence-electron chi connectivity index (χ2n) is 4.91. The first kappa shape index (κ1) is 14.0. The van der Waals surface area contributed by atoms with E-state index in [9.17, 15) is 4.79 Å². The Bertz CT molecular complexity index is 841. The molecule has 0 fully saturated rings. The van der Waals surface area contributed by atoms with Crippen LogP contribution in [0.1, 0.15) is 21.5 Å². The predicted molar refractivity (Wildman–Crippen MR) is 88.5 cm³/mol. The van der Waals surface area contributed by atoms with E-state index in [0.717, 1.165) is 15.8 Å². The SMILES string of the molecule is Cc1cc(C)c2sc(NC(=O)c3cccc(Cl)c3)nc2c1. The fraction of sp³-hybridized carbons (Fsp3) is 0.125. The molecular formula is C16H13ClN2OS. The highest BCUT2D eigenvalue weighted by molar-refractivity contribution is 7.22. The molecule has 0 atom stereocenters. The largest absolute Gasteiger partial charge is 0.298 e. The molecule has 0 aliphatic carbocycles. The van der Waals surface area contributed by atoms with Crippen LogP contribution in [-0.2, 0) is 0 Å². The van der Waals surface area contributed by atoms with Gasteiger partial charge in [0.15, 0.2) is 5.13 Å². The molecule has 0 aliphatic rings. The van der Waals surface area contributed by atoms with Crippen LogP contribution in [0, 0.1) is 13.8 Å². The zero-order chi connectivity index (χ0) is 15.0. The summed E-state index contributed by atoms with van der Waals surface area (Å²) in [4.78, 5) is 16.7. The topological polar surface area (TPSA) is 42.0 Å². The number of anilines is 1. The second-order valence-corrected chi connectivity index (χ2v) is 6.35. The van der Waals surface area contributed by atoms with Crippen molar-refractivity contribution in [1.82, 2.24) is 4.98 Å². The highest BCUT2D eigenvalue weighted by atomic mass is 35.5. The number of aryl methyl sites for hydroxylation is 2. The van der Waals surface area contributed by atoms with E-state index in [1.807, 2.05) is 13.0 Å². The van der Waals surface area contributed by atoms with Gasteiger partial charge in [0.05, 0.1) is 10.2 Å². The number of benzene rings is 2. The van der Waals surface area contributed by atoms with Crippen LogP contribution in [0.2, 0.25) is 5.02 Å². The summed E-state index contributed by atoms with van der Waals surface area (Å²) < 4.78 is 1.10. The molecule has 0 aliphatic heterocycles. The summed E-state index contributed by atoms with van der Waals surface area (Å²) in [7, 11) is 0. The summed E-state index contributed by atoms with van der Waals surface area (Å²) in [6, 6.07) is 11.0.